The highest BCUT2D eigenvalue weighted by Gasteiger charge is 2.42. The predicted molar refractivity (Wildman–Crippen MR) is 129 cm³/mol. The summed E-state index contributed by atoms with van der Waals surface area (Å²) in [6, 6.07) is 33.3. The average Bonchev–Trinajstić information content (AvgIpc) is 3.29. The fourth-order valence-electron chi connectivity index (χ4n) is 4.41. The number of Topliss-reactive ketones (excluding diaryl/α,β-unsaturated/α-hetero) is 1. The first-order valence-corrected chi connectivity index (χ1v) is 11.1. The minimum atomic E-state index is -0.716. The maximum Gasteiger partial charge on any atom is 0.361 e. The number of benzene rings is 3. The van der Waals surface area contributed by atoms with Gasteiger partial charge < -0.3 is 4.52 Å². The second kappa shape index (κ2) is 9.55. The van der Waals surface area contributed by atoms with Crippen molar-refractivity contribution in [2.45, 2.75) is 12.0 Å². The van der Waals surface area contributed by atoms with Crippen molar-refractivity contribution in [3.8, 4) is 11.3 Å². The van der Waals surface area contributed by atoms with Gasteiger partial charge in [-0.1, -0.05) is 97.1 Å². The highest BCUT2D eigenvalue weighted by Crippen LogP contribution is 2.37. The molecule has 2 heterocycles. The molecule has 0 saturated heterocycles. The van der Waals surface area contributed by atoms with Crippen LogP contribution in [0, 0.1) is 0 Å². The van der Waals surface area contributed by atoms with Gasteiger partial charge in [-0.25, -0.2) is 9.95 Å². The Morgan fingerprint density at radius 3 is 1.94 bits per heavy atom. The second-order valence-electron chi connectivity index (χ2n) is 8.03. The van der Waals surface area contributed by atoms with Crippen LogP contribution in [0.25, 0.3) is 11.3 Å². The number of carbonyl (C=O) groups is 1. The Labute approximate surface area is 196 Å². The van der Waals surface area contributed by atoms with Gasteiger partial charge in [-0.15, -0.1) is 0 Å². The summed E-state index contributed by atoms with van der Waals surface area (Å²) in [5.41, 5.74) is 2.73. The zero-order valence-electron chi connectivity index (χ0n) is 18.4. The van der Waals surface area contributed by atoms with Gasteiger partial charge in [0.25, 0.3) is 0 Å². The van der Waals surface area contributed by atoms with Gasteiger partial charge in [0, 0.05) is 23.3 Å². The quantitative estimate of drug-likeness (QED) is 0.276. The van der Waals surface area contributed by atoms with Crippen LogP contribution in [-0.2, 0) is 0 Å². The number of H-pyrrole nitrogens is 1. The summed E-state index contributed by atoms with van der Waals surface area (Å²) < 4.78 is 7.19. The zero-order valence-corrected chi connectivity index (χ0v) is 18.4. The van der Waals surface area contributed by atoms with Crippen LogP contribution in [0.5, 0.6) is 0 Å². The number of hydrogen-bond donors (Lipinski definition) is 1. The van der Waals surface area contributed by atoms with Crippen LogP contribution in [-0.4, -0.2) is 10.9 Å². The minimum Gasteiger partial charge on any atom is -0.338 e. The smallest absolute Gasteiger partial charge is 0.338 e. The average molecular weight is 448 g/mol. The number of nitrogens with zero attached hydrogens (tertiary/aromatic N) is 1. The van der Waals surface area contributed by atoms with E-state index in [0.717, 1.165) is 11.1 Å². The zero-order chi connectivity index (χ0) is 23.3. The van der Waals surface area contributed by atoms with Gasteiger partial charge in [0.05, 0.1) is 17.2 Å². The summed E-state index contributed by atoms with van der Waals surface area (Å²) in [5.74, 6) is -0.690. The molecule has 2 unspecified atom stereocenters. The summed E-state index contributed by atoms with van der Waals surface area (Å²) in [4.78, 5) is 27.3. The third-order valence-corrected chi connectivity index (χ3v) is 5.97. The van der Waals surface area contributed by atoms with Crippen LogP contribution >= 0.6 is 0 Å². The van der Waals surface area contributed by atoms with E-state index in [9.17, 15) is 9.59 Å². The molecule has 0 saturated carbocycles. The number of rotatable bonds is 7. The van der Waals surface area contributed by atoms with Crippen molar-refractivity contribution in [2.24, 2.45) is 0 Å². The van der Waals surface area contributed by atoms with Crippen molar-refractivity contribution in [1.82, 2.24) is 5.16 Å². The molecule has 1 N–H and O–H groups in total. The first kappa shape index (κ1) is 21.3. The van der Waals surface area contributed by atoms with E-state index in [0.29, 0.717) is 16.8 Å². The first-order valence-electron chi connectivity index (χ1n) is 11.1. The molecule has 5 rings (SSSR count). The highest BCUT2D eigenvalue weighted by molar-refractivity contribution is 5.99. The van der Waals surface area contributed by atoms with E-state index in [2.05, 4.69) is 5.16 Å². The fraction of sp³-hybridized carbons (Fsp3) is 0.0690. The predicted octanol–water partition coefficient (Wildman–Crippen LogP) is 5.18. The van der Waals surface area contributed by atoms with Crippen LogP contribution < -0.4 is 10.2 Å². The molecule has 0 fully saturated rings. The number of nitrogens with one attached hydrogen (secondary N) is 1. The SMILES string of the molecule is O=C(c1ccccc1)C(C(c1ccccc1)c1c(-c2ccccc2)[nH]oc1=O)[n+]1ccccc1. The number of ketones is 1. The number of aromatic nitrogens is 2. The highest BCUT2D eigenvalue weighted by atomic mass is 16.5. The molecule has 0 amide bonds. The van der Waals surface area contributed by atoms with E-state index >= 15 is 0 Å². The number of carbonyl (C=O) groups excluding carboxylic acids is 1. The number of hydrogen-bond acceptors (Lipinski definition) is 3. The topological polar surface area (TPSA) is 67.0 Å². The molecule has 0 bridgehead atoms. The Kier molecular flexibility index (Phi) is 5.99. The normalized spacial score (nSPS) is 12.7. The first-order chi connectivity index (χ1) is 16.7. The molecular formula is C29H23N2O3+. The number of pyridine rings is 1. The molecule has 0 aliphatic rings. The summed E-state index contributed by atoms with van der Waals surface area (Å²) >= 11 is 0. The van der Waals surface area contributed by atoms with Gasteiger partial charge in [0.2, 0.25) is 11.8 Å². The van der Waals surface area contributed by atoms with Gasteiger partial charge in [0.15, 0.2) is 12.4 Å². The minimum absolute atomic E-state index is 0.0923. The molecule has 0 spiro atoms. The molecule has 34 heavy (non-hydrogen) atoms. The summed E-state index contributed by atoms with van der Waals surface area (Å²) in [6.45, 7) is 0. The van der Waals surface area contributed by atoms with Crippen molar-refractivity contribution >= 4 is 5.78 Å². The fourth-order valence-corrected chi connectivity index (χ4v) is 4.41. The molecular weight excluding hydrogens is 424 g/mol. The van der Waals surface area contributed by atoms with Gasteiger partial charge in [0.1, 0.15) is 0 Å². The van der Waals surface area contributed by atoms with Gasteiger partial charge >= 0.3 is 5.63 Å². The van der Waals surface area contributed by atoms with Gasteiger partial charge in [-0.3, -0.25) is 4.79 Å². The van der Waals surface area contributed by atoms with Crippen LogP contribution in [0.4, 0.5) is 0 Å². The molecule has 166 valence electrons. The monoisotopic (exact) mass is 447 g/mol. The van der Waals surface area contributed by atoms with Crippen molar-refractivity contribution in [1.29, 1.82) is 0 Å². The molecule has 5 aromatic rings. The molecule has 0 radical (unpaired) electrons. The summed E-state index contributed by atoms with van der Waals surface area (Å²) in [7, 11) is 0. The largest absolute Gasteiger partial charge is 0.361 e. The molecule has 2 aromatic heterocycles. The van der Waals surface area contributed by atoms with E-state index in [1.165, 1.54) is 0 Å². The Morgan fingerprint density at radius 1 is 0.735 bits per heavy atom. The van der Waals surface area contributed by atoms with E-state index in [1.54, 1.807) is 12.1 Å². The van der Waals surface area contributed by atoms with E-state index in [1.807, 2.05) is 114 Å². The van der Waals surface area contributed by atoms with Crippen LogP contribution in [0.1, 0.15) is 33.4 Å². The van der Waals surface area contributed by atoms with Crippen molar-refractivity contribution in [3.63, 3.8) is 0 Å². The van der Waals surface area contributed by atoms with Crippen LogP contribution in [0.2, 0.25) is 0 Å². The molecule has 5 heteroatoms. The van der Waals surface area contributed by atoms with E-state index in [4.69, 9.17) is 4.52 Å². The second-order valence-corrected chi connectivity index (χ2v) is 8.03. The maximum absolute atomic E-state index is 14.1. The van der Waals surface area contributed by atoms with E-state index in [-0.39, 0.29) is 5.78 Å². The molecule has 2 atom stereocenters. The Balaban J connectivity index is 1.78. The third kappa shape index (κ3) is 4.11. The Hall–Kier alpha value is -4.51. The summed E-state index contributed by atoms with van der Waals surface area (Å²) in [5, 5.41) is 2.82. The molecule has 3 aromatic carbocycles. The summed E-state index contributed by atoms with van der Waals surface area (Å²) in [6.07, 6.45) is 3.72. The van der Waals surface area contributed by atoms with Crippen LogP contribution in [0.3, 0.4) is 0 Å². The van der Waals surface area contributed by atoms with E-state index < -0.39 is 17.6 Å². The molecule has 0 aliphatic heterocycles. The Bertz CT molecular complexity index is 1430. The lowest BCUT2D eigenvalue weighted by Crippen LogP contribution is -2.47. The van der Waals surface area contributed by atoms with Crippen molar-refractivity contribution < 1.29 is 13.9 Å². The Morgan fingerprint density at radius 2 is 1.29 bits per heavy atom. The maximum atomic E-state index is 14.1. The van der Waals surface area contributed by atoms with Crippen LogP contribution in [0.15, 0.2) is 131 Å². The van der Waals surface area contributed by atoms with Crippen molar-refractivity contribution in [3.05, 3.63) is 149 Å². The number of aromatic amines is 1. The molecule has 0 aliphatic carbocycles. The van der Waals surface area contributed by atoms with Crippen molar-refractivity contribution in [2.75, 3.05) is 0 Å². The lowest BCUT2D eigenvalue weighted by Gasteiger charge is -2.22. The lowest BCUT2D eigenvalue weighted by atomic mass is 9.80. The lowest BCUT2D eigenvalue weighted by molar-refractivity contribution is -0.709. The standard InChI is InChI=1S/C29H22N2O3/c32-28(23-17-9-3-10-18-23)27(31-19-11-4-12-20-31)24(21-13-5-1-6-14-21)25-26(30-34-29(25)33)22-15-7-2-8-16-22/h1-20,24,27H/p+1. The third-order valence-electron chi connectivity index (χ3n) is 5.97. The van der Waals surface area contributed by atoms with Gasteiger partial charge in [-0.05, 0) is 5.56 Å². The van der Waals surface area contributed by atoms with Gasteiger partial charge in [-0.2, -0.15) is 4.57 Å². The molecule has 5 nitrogen and oxygen atoms in total.